The molecule has 136 valence electrons. The number of ether oxygens (including phenoxy) is 1. The molecule has 1 fully saturated rings. The average Bonchev–Trinajstić information content (AvgIpc) is 3.31. The van der Waals surface area contributed by atoms with E-state index in [2.05, 4.69) is 9.71 Å². The first-order chi connectivity index (χ1) is 12.3. The summed E-state index contributed by atoms with van der Waals surface area (Å²) in [4.78, 5) is 16.4. The summed E-state index contributed by atoms with van der Waals surface area (Å²) in [5, 5.41) is 0.235. The van der Waals surface area contributed by atoms with E-state index in [1.807, 2.05) is 13.0 Å². The van der Waals surface area contributed by atoms with E-state index in [-0.39, 0.29) is 27.9 Å². The molecule has 1 amide bonds. The van der Waals surface area contributed by atoms with E-state index in [4.69, 9.17) is 16.3 Å². The molecule has 2 aromatic rings. The van der Waals surface area contributed by atoms with Gasteiger partial charge in [-0.1, -0.05) is 17.7 Å². The lowest BCUT2D eigenvalue weighted by molar-refractivity contribution is -0.120. The van der Waals surface area contributed by atoms with Gasteiger partial charge in [-0.2, -0.15) is 0 Å². The highest BCUT2D eigenvalue weighted by molar-refractivity contribution is 7.90. The van der Waals surface area contributed by atoms with Gasteiger partial charge in [0.05, 0.1) is 9.92 Å². The molecular weight excluding hydrogens is 376 g/mol. The van der Waals surface area contributed by atoms with Gasteiger partial charge in [0.1, 0.15) is 11.9 Å². The number of carbonyl (C=O) groups is 1. The lowest BCUT2D eigenvalue weighted by Crippen LogP contribution is -2.32. The van der Waals surface area contributed by atoms with Crippen molar-refractivity contribution in [2.24, 2.45) is 5.92 Å². The van der Waals surface area contributed by atoms with Gasteiger partial charge in [0.15, 0.2) is 0 Å². The number of pyridine rings is 1. The maximum Gasteiger partial charge on any atom is 0.264 e. The molecule has 6 nitrogen and oxygen atoms in total. The summed E-state index contributed by atoms with van der Waals surface area (Å²) in [5.41, 5.74) is 1.68. The molecule has 0 bridgehead atoms. The van der Waals surface area contributed by atoms with Crippen LogP contribution in [-0.4, -0.2) is 25.4 Å². The number of amides is 1. The zero-order chi connectivity index (χ0) is 18.5. The smallest absolute Gasteiger partial charge is 0.264 e. The Hall–Kier alpha value is -2.12. The first-order valence-corrected chi connectivity index (χ1v) is 10.2. The van der Waals surface area contributed by atoms with E-state index < -0.39 is 15.9 Å². The fourth-order valence-corrected chi connectivity index (χ4v) is 4.78. The number of hydrogen-bond donors (Lipinski definition) is 1. The van der Waals surface area contributed by atoms with Crippen LogP contribution in [0.2, 0.25) is 5.02 Å². The monoisotopic (exact) mass is 392 g/mol. The molecule has 1 aliphatic carbocycles. The Labute approximate surface area is 156 Å². The molecule has 1 aliphatic heterocycles. The van der Waals surface area contributed by atoms with Crippen molar-refractivity contribution in [3.05, 3.63) is 52.8 Å². The molecule has 26 heavy (non-hydrogen) atoms. The maximum absolute atomic E-state index is 12.6. The third-order valence-corrected chi connectivity index (χ3v) is 6.31. The Balaban J connectivity index is 1.51. The average molecular weight is 393 g/mol. The molecule has 1 aromatic heterocycles. The van der Waals surface area contributed by atoms with Crippen LogP contribution in [0, 0.1) is 5.92 Å². The summed E-state index contributed by atoms with van der Waals surface area (Å²) in [7, 11) is -3.99. The number of benzene rings is 1. The molecule has 1 saturated carbocycles. The Bertz CT molecular complexity index is 978. The minimum atomic E-state index is -3.99. The topological polar surface area (TPSA) is 85.4 Å². The highest BCUT2D eigenvalue weighted by Gasteiger charge is 2.45. The Morgan fingerprint density at radius 1 is 1.38 bits per heavy atom. The van der Waals surface area contributed by atoms with Crippen molar-refractivity contribution in [2.75, 3.05) is 0 Å². The number of fused-ring (bicyclic) bond motifs is 1. The molecule has 8 heteroatoms. The number of aromatic nitrogens is 1. The van der Waals surface area contributed by atoms with Crippen molar-refractivity contribution in [1.82, 2.24) is 9.71 Å². The van der Waals surface area contributed by atoms with Crippen LogP contribution in [0.15, 0.2) is 41.6 Å². The van der Waals surface area contributed by atoms with Crippen LogP contribution < -0.4 is 9.46 Å². The minimum Gasteiger partial charge on any atom is -0.489 e. The van der Waals surface area contributed by atoms with E-state index in [0.29, 0.717) is 18.6 Å². The van der Waals surface area contributed by atoms with Gasteiger partial charge in [0.25, 0.3) is 10.0 Å². The van der Waals surface area contributed by atoms with Crippen molar-refractivity contribution in [1.29, 1.82) is 0 Å². The van der Waals surface area contributed by atoms with Gasteiger partial charge in [-0.25, -0.2) is 13.1 Å². The van der Waals surface area contributed by atoms with E-state index >= 15 is 0 Å². The molecule has 0 saturated heterocycles. The van der Waals surface area contributed by atoms with Crippen LogP contribution in [0.3, 0.4) is 0 Å². The van der Waals surface area contributed by atoms with Crippen LogP contribution in [-0.2, 0) is 21.2 Å². The largest absolute Gasteiger partial charge is 0.489 e. The predicted molar refractivity (Wildman–Crippen MR) is 95.7 cm³/mol. The molecule has 2 heterocycles. The van der Waals surface area contributed by atoms with Crippen molar-refractivity contribution in [3.63, 3.8) is 0 Å². The number of rotatable bonds is 4. The minimum absolute atomic E-state index is 0.0109. The standard InChI is InChI=1S/C18H17ClN2O4S/c1-10-5-12-6-13(7-16(19)17(12)25-10)26(23,24)21-18(22)15-8-14(15)11-3-2-4-20-9-11/h2-4,6-7,9-10,14-15H,5,8H2,1H3,(H,21,22)/t10-,14+,15+/m1/s1. The normalized spacial score (nSPS) is 23.8. The van der Waals surface area contributed by atoms with E-state index in [1.54, 1.807) is 18.5 Å². The first-order valence-electron chi connectivity index (χ1n) is 8.31. The number of nitrogens with zero attached hydrogens (tertiary/aromatic N) is 1. The lowest BCUT2D eigenvalue weighted by Gasteiger charge is -2.10. The molecule has 4 rings (SSSR count). The Kier molecular flexibility index (Phi) is 4.16. The number of carbonyl (C=O) groups excluding carboxylic acids is 1. The molecular formula is C18H17ClN2O4S. The predicted octanol–water partition coefficient (Wildman–Crippen LogP) is 2.67. The second kappa shape index (κ2) is 6.25. The van der Waals surface area contributed by atoms with Gasteiger partial charge in [-0.15, -0.1) is 0 Å². The van der Waals surface area contributed by atoms with Gasteiger partial charge in [-0.3, -0.25) is 9.78 Å². The molecule has 0 unspecified atom stereocenters. The molecule has 0 spiro atoms. The summed E-state index contributed by atoms with van der Waals surface area (Å²) < 4.78 is 33.0. The van der Waals surface area contributed by atoms with Crippen molar-refractivity contribution >= 4 is 27.5 Å². The molecule has 1 N–H and O–H groups in total. The Morgan fingerprint density at radius 2 is 2.19 bits per heavy atom. The van der Waals surface area contributed by atoms with Crippen molar-refractivity contribution in [3.8, 4) is 5.75 Å². The van der Waals surface area contributed by atoms with E-state index in [9.17, 15) is 13.2 Å². The van der Waals surface area contributed by atoms with Crippen LogP contribution >= 0.6 is 11.6 Å². The molecule has 0 radical (unpaired) electrons. The summed E-state index contributed by atoms with van der Waals surface area (Å²) in [6.45, 7) is 1.89. The third-order valence-electron chi connectivity index (χ3n) is 4.71. The highest BCUT2D eigenvalue weighted by Crippen LogP contribution is 2.47. The van der Waals surface area contributed by atoms with Crippen LogP contribution in [0.5, 0.6) is 5.75 Å². The van der Waals surface area contributed by atoms with E-state index in [0.717, 1.165) is 11.1 Å². The van der Waals surface area contributed by atoms with Gasteiger partial charge < -0.3 is 4.74 Å². The Morgan fingerprint density at radius 3 is 2.92 bits per heavy atom. The maximum atomic E-state index is 12.6. The number of nitrogens with one attached hydrogen (secondary N) is 1. The summed E-state index contributed by atoms with van der Waals surface area (Å²) >= 11 is 6.15. The van der Waals surface area contributed by atoms with Gasteiger partial charge in [0, 0.05) is 30.3 Å². The van der Waals surface area contributed by atoms with Crippen LogP contribution in [0.4, 0.5) is 0 Å². The summed E-state index contributed by atoms with van der Waals surface area (Å²) in [5.74, 6) is -0.331. The second-order valence-electron chi connectivity index (χ2n) is 6.73. The molecule has 2 aliphatic rings. The third kappa shape index (κ3) is 3.17. The number of sulfonamides is 1. The zero-order valence-corrected chi connectivity index (χ0v) is 15.5. The number of hydrogen-bond acceptors (Lipinski definition) is 5. The fourth-order valence-electron chi connectivity index (χ4n) is 3.33. The summed E-state index contributed by atoms with van der Waals surface area (Å²) in [6.07, 6.45) is 4.50. The molecule has 3 atom stereocenters. The van der Waals surface area contributed by atoms with Crippen LogP contribution in [0.25, 0.3) is 0 Å². The van der Waals surface area contributed by atoms with Crippen LogP contribution in [0.1, 0.15) is 30.4 Å². The SMILES string of the molecule is C[C@@H]1Cc2cc(S(=O)(=O)NC(=O)[C@H]3C[C@H]3c3cccnc3)cc(Cl)c2O1. The van der Waals surface area contributed by atoms with Gasteiger partial charge >= 0.3 is 0 Å². The molecule has 1 aromatic carbocycles. The van der Waals surface area contributed by atoms with E-state index in [1.165, 1.54) is 12.1 Å². The van der Waals surface area contributed by atoms with Crippen molar-refractivity contribution in [2.45, 2.75) is 36.7 Å². The highest BCUT2D eigenvalue weighted by atomic mass is 35.5. The van der Waals surface area contributed by atoms with Crippen molar-refractivity contribution < 1.29 is 17.9 Å². The second-order valence-corrected chi connectivity index (χ2v) is 8.82. The lowest BCUT2D eigenvalue weighted by atomic mass is 10.1. The quantitative estimate of drug-likeness (QED) is 0.864. The summed E-state index contributed by atoms with van der Waals surface area (Å²) in [6, 6.07) is 6.53. The number of halogens is 1. The van der Waals surface area contributed by atoms with Gasteiger partial charge in [0.2, 0.25) is 5.91 Å². The fraction of sp³-hybridized carbons (Fsp3) is 0.333. The first kappa shape index (κ1) is 17.3. The zero-order valence-electron chi connectivity index (χ0n) is 14.0. The van der Waals surface area contributed by atoms with Gasteiger partial charge in [-0.05, 0) is 43.0 Å².